The molecule has 0 unspecified atom stereocenters. The number of carbonyl (C=O) groups excluding carboxylic acids is 4. The van der Waals surface area contributed by atoms with Crippen molar-refractivity contribution in [2.45, 2.75) is 106 Å². The van der Waals surface area contributed by atoms with Gasteiger partial charge in [0.25, 0.3) is 11.5 Å². The lowest BCUT2D eigenvalue weighted by Crippen LogP contribution is -2.65. The van der Waals surface area contributed by atoms with Gasteiger partial charge in [0.05, 0.1) is 40.2 Å². The third-order valence-electron chi connectivity index (χ3n) is 16.2. The summed E-state index contributed by atoms with van der Waals surface area (Å²) in [5.74, 6) is 1.15. The number of fused-ring (bicyclic) bond motifs is 11. The van der Waals surface area contributed by atoms with Crippen LogP contribution in [0.2, 0.25) is 5.02 Å². The second-order valence-electron chi connectivity index (χ2n) is 19.2. The molecule has 7 aliphatic heterocycles. The number of ether oxygens (including phenoxy) is 1. The van der Waals surface area contributed by atoms with E-state index in [1.807, 2.05) is 34.1 Å². The summed E-state index contributed by atoms with van der Waals surface area (Å²) in [6.07, 6.45) is 9.68. The van der Waals surface area contributed by atoms with Crippen LogP contribution >= 0.6 is 11.6 Å². The summed E-state index contributed by atoms with van der Waals surface area (Å²) >= 11 is 6.62. The lowest BCUT2D eigenvalue weighted by molar-refractivity contribution is -0.136. The number of urea groups is 1. The topological polar surface area (TPSA) is 137 Å². The number of hydrogen-bond acceptors (Lipinski definition) is 8. The van der Waals surface area contributed by atoms with Crippen molar-refractivity contribution in [2.75, 3.05) is 45.9 Å². The quantitative estimate of drug-likeness (QED) is 0.257. The van der Waals surface area contributed by atoms with Gasteiger partial charge in [-0.3, -0.25) is 34.0 Å². The first kappa shape index (κ1) is 38.4. The van der Waals surface area contributed by atoms with Gasteiger partial charge in [-0.05, 0) is 99.3 Å². The van der Waals surface area contributed by atoms with Crippen molar-refractivity contribution in [3.8, 4) is 11.4 Å². The maximum absolute atomic E-state index is 13.8. The van der Waals surface area contributed by atoms with Crippen molar-refractivity contribution in [1.29, 1.82) is 0 Å². The highest BCUT2D eigenvalue weighted by Gasteiger charge is 2.50. The Labute approximate surface area is 364 Å². The summed E-state index contributed by atoms with van der Waals surface area (Å²) in [6.45, 7) is 5.58. The van der Waals surface area contributed by atoms with Crippen molar-refractivity contribution in [1.82, 2.24) is 34.5 Å². The van der Waals surface area contributed by atoms with Gasteiger partial charge < -0.3 is 19.4 Å². The highest BCUT2D eigenvalue weighted by molar-refractivity contribution is 6.35. The average Bonchev–Trinajstić information content (AvgIpc) is 3.88. The fourth-order valence-electron chi connectivity index (χ4n) is 12.6. The number of nitrogens with one attached hydrogen (secondary N) is 1. The number of aromatic nitrogens is 2. The number of benzene rings is 3. The first-order valence-electron chi connectivity index (χ1n) is 22.7. The van der Waals surface area contributed by atoms with Crippen LogP contribution in [0.1, 0.15) is 115 Å². The molecule has 0 radical (unpaired) electrons. The van der Waals surface area contributed by atoms with Crippen LogP contribution in [0.5, 0.6) is 5.75 Å². The zero-order valence-electron chi connectivity index (χ0n) is 34.8. The van der Waals surface area contributed by atoms with Gasteiger partial charge in [0.15, 0.2) is 0 Å². The zero-order valence-corrected chi connectivity index (χ0v) is 35.6. The molecule has 1 saturated carbocycles. The molecule has 14 heteroatoms. The van der Waals surface area contributed by atoms with E-state index in [2.05, 4.69) is 33.0 Å². The Morgan fingerprint density at radius 2 is 1.63 bits per heavy atom. The number of imide groups is 1. The van der Waals surface area contributed by atoms with Crippen molar-refractivity contribution < 1.29 is 23.9 Å². The van der Waals surface area contributed by atoms with Gasteiger partial charge in [0.2, 0.25) is 11.8 Å². The summed E-state index contributed by atoms with van der Waals surface area (Å²) in [5, 5.41) is 3.32. The summed E-state index contributed by atoms with van der Waals surface area (Å²) in [4.78, 5) is 77.9. The summed E-state index contributed by atoms with van der Waals surface area (Å²) in [5.41, 5.74) is 6.43. The first-order chi connectivity index (χ1) is 30.1. The largest absolute Gasteiger partial charge is 0.492 e. The number of likely N-dealkylation sites (tertiary alicyclic amines) is 3. The fourth-order valence-corrected chi connectivity index (χ4v) is 12.9. The molecule has 1 N–H and O–H groups in total. The third-order valence-corrected chi connectivity index (χ3v) is 16.5. The maximum atomic E-state index is 13.8. The Morgan fingerprint density at radius 3 is 2.40 bits per heavy atom. The van der Waals surface area contributed by atoms with Gasteiger partial charge >= 0.3 is 6.03 Å². The van der Waals surface area contributed by atoms with Crippen LogP contribution in [-0.2, 0) is 27.0 Å². The molecule has 5 amide bonds. The minimum absolute atomic E-state index is 0.114. The van der Waals surface area contributed by atoms with Crippen LogP contribution in [0, 0.1) is 0 Å². The Hall–Kier alpha value is -5.27. The van der Waals surface area contributed by atoms with E-state index in [1.54, 1.807) is 11.0 Å². The molecular weight excluding hydrogens is 806 g/mol. The van der Waals surface area contributed by atoms with Crippen molar-refractivity contribution >= 4 is 46.3 Å². The third kappa shape index (κ3) is 5.62. The van der Waals surface area contributed by atoms with Gasteiger partial charge in [-0.25, -0.2) is 4.79 Å². The molecule has 1 aliphatic carbocycles. The standard InChI is InChI=1S/C48H50ClN7O6/c49-35-5-4-6-36-40(35)43(59)51-45-48(15-2-1-3-16-48)33-9-7-29(23-38(33)56(36)45)28-13-19-52(20-14-28)30-24-54(25-30)46(61)53-21-17-47(18-22-53)27-62-41-32-26-55(37-11-12-39(57)50-42(37)58)44(60)31(32)8-10-34(41)47/h4-10,23,28,30,37H,1-3,11-22,24-27H2,(H,50,57,58)/t37-/m0/s1. The van der Waals surface area contributed by atoms with Crippen LogP contribution < -0.4 is 15.6 Å². The summed E-state index contributed by atoms with van der Waals surface area (Å²) in [7, 11) is 0. The molecule has 62 heavy (non-hydrogen) atoms. The molecule has 4 saturated heterocycles. The molecule has 8 aliphatic rings. The van der Waals surface area contributed by atoms with E-state index in [0.717, 1.165) is 111 Å². The predicted molar refractivity (Wildman–Crippen MR) is 231 cm³/mol. The van der Waals surface area contributed by atoms with E-state index in [1.165, 1.54) is 17.5 Å². The van der Waals surface area contributed by atoms with Gasteiger partial charge in [0.1, 0.15) is 17.6 Å². The molecule has 1 atom stereocenters. The highest BCUT2D eigenvalue weighted by Crippen LogP contribution is 2.53. The predicted octanol–water partition coefficient (Wildman–Crippen LogP) is 5.77. The van der Waals surface area contributed by atoms with E-state index in [-0.39, 0.29) is 47.2 Å². The Kier molecular flexibility index (Phi) is 8.75. The molecule has 1 aromatic heterocycles. The van der Waals surface area contributed by atoms with Crippen LogP contribution in [0.15, 0.2) is 53.3 Å². The normalized spacial score (nSPS) is 24.2. The highest BCUT2D eigenvalue weighted by atomic mass is 35.5. The van der Waals surface area contributed by atoms with E-state index in [4.69, 9.17) is 21.3 Å². The second kappa shape index (κ2) is 14.1. The molecule has 5 fully saturated rings. The van der Waals surface area contributed by atoms with Crippen molar-refractivity contribution in [3.63, 3.8) is 0 Å². The number of nitrogens with zero attached hydrogens (tertiary/aromatic N) is 6. The maximum Gasteiger partial charge on any atom is 0.320 e. The monoisotopic (exact) mass is 855 g/mol. The molecule has 8 heterocycles. The first-order valence-corrected chi connectivity index (χ1v) is 23.1. The lowest BCUT2D eigenvalue weighted by Gasteiger charge is -2.49. The van der Waals surface area contributed by atoms with Gasteiger partial charge in [0, 0.05) is 60.7 Å². The van der Waals surface area contributed by atoms with Gasteiger partial charge in [-0.15, -0.1) is 0 Å². The second-order valence-corrected chi connectivity index (χ2v) is 19.6. The van der Waals surface area contributed by atoms with E-state index >= 15 is 0 Å². The number of carbonyl (C=O) groups is 4. The minimum atomic E-state index is -0.666. The van der Waals surface area contributed by atoms with Gasteiger partial charge in [-0.2, -0.15) is 4.98 Å². The number of halogens is 1. The lowest BCUT2D eigenvalue weighted by atomic mass is 9.69. The molecule has 3 aromatic carbocycles. The van der Waals surface area contributed by atoms with E-state index < -0.39 is 11.9 Å². The molecule has 0 bridgehead atoms. The number of hydrogen-bond donors (Lipinski definition) is 1. The summed E-state index contributed by atoms with van der Waals surface area (Å²) < 4.78 is 8.61. The summed E-state index contributed by atoms with van der Waals surface area (Å²) in [6, 6.07) is 16.5. The zero-order chi connectivity index (χ0) is 42.1. The van der Waals surface area contributed by atoms with Crippen LogP contribution in [0.3, 0.4) is 0 Å². The molecule has 320 valence electrons. The molecule has 12 rings (SSSR count). The molecule has 13 nitrogen and oxygen atoms in total. The SMILES string of the molecule is O=C1CC[C@H](N2Cc3c(ccc4c3OCC43CCN(C(=O)N4CC(N5CCC(c6ccc7c(c6)-n6c(nc(=O)c8c(Cl)cccc86)C76CCCCC6)CC5)C4)CC3)C2=O)C(=O)N1. The van der Waals surface area contributed by atoms with E-state index in [9.17, 15) is 24.0 Å². The van der Waals surface area contributed by atoms with Crippen LogP contribution in [0.4, 0.5) is 4.79 Å². The van der Waals surface area contributed by atoms with Crippen molar-refractivity contribution in [2.24, 2.45) is 0 Å². The molecule has 4 aromatic rings. The minimum Gasteiger partial charge on any atom is -0.492 e. The number of rotatable bonds is 3. The smallest absolute Gasteiger partial charge is 0.320 e. The fraction of sp³-hybridized carbons (Fsp3) is 0.500. The Bertz CT molecular complexity index is 2670. The van der Waals surface area contributed by atoms with Crippen LogP contribution in [0.25, 0.3) is 16.6 Å². The van der Waals surface area contributed by atoms with Gasteiger partial charge in [-0.1, -0.05) is 55.1 Å². The Balaban J connectivity index is 0.678. The van der Waals surface area contributed by atoms with Crippen molar-refractivity contribution in [3.05, 3.63) is 97.5 Å². The van der Waals surface area contributed by atoms with E-state index in [0.29, 0.717) is 54.0 Å². The average molecular weight is 856 g/mol. The molecular formula is C48H50ClN7O6. The number of amides is 5. The number of piperidine rings is 3. The Morgan fingerprint density at radius 1 is 0.855 bits per heavy atom. The van der Waals surface area contributed by atoms with Crippen LogP contribution in [-0.4, -0.2) is 111 Å². The molecule has 2 spiro atoms.